The van der Waals surface area contributed by atoms with Crippen molar-refractivity contribution in [2.75, 3.05) is 24.4 Å². The van der Waals surface area contributed by atoms with Gasteiger partial charge in [0.15, 0.2) is 9.84 Å². The van der Waals surface area contributed by atoms with E-state index in [2.05, 4.69) is 5.32 Å². The average Bonchev–Trinajstić information content (AvgIpc) is 2.36. The number of nitro benzene ring substituents is 1. The number of para-hydroxylation sites is 1. The highest BCUT2D eigenvalue weighted by molar-refractivity contribution is 8.00. The zero-order chi connectivity index (χ0) is 15.7. The molecule has 1 aliphatic rings. The number of hydrogen-bond donors (Lipinski definition) is 1. The van der Waals surface area contributed by atoms with Crippen LogP contribution in [0.2, 0.25) is 0 Å². The molecular formula is C13H18N2O4S2. The first-order valence-electron chi connectivity index (χ1n) is 6.56. The number of nitrogens with zero attached hydrogens (tertiary/aromatic N) is 1. The monoisotopic (exact) mass is 330 g/mol. The summed E-state index contributed by atoms with van der Waals surface area (Å²) in [6.45, 7) is 0.599. The molecule has 0 heterocycles. The van der Waals surface area contributed by atoms with Gasteiger partial charge in [0.1, 0.15) is 10.6 Å². The van der Waals surface area contributed by atoms with Crippen LogP contribution in [0.5, 0.6) is 0 Å². The number of hydrogen-bond acceptors (Lipinski definition) is 6. The molecule has 1 fully saturated rings. The van der Waals surface area contributed by atoms with Crippen LogP contribution in [-0.4, -0.2) is 37.1 Å². The van der Waals surface area contributed by atoms with Crippen LogP contribution in [-0.2, 0) is 9.84 Å². The van der Waals surface area contributed by atoms with Gasteiger partial charge in [-0.15, -0.1) is 0 Å². The lowest BCUT2D eigenvalue weighted by atomic mass is 9.84. The van der Waals surface area contributed by atoms with Gasteiger partial charge in [0.2, 0.25) is 0 Å². The highest BCUT2D eigenvalue weighted by atomic mass is 32.2. The van der Waals surface area contributed by atoms with Gasteiger partial charge in [0.25, 0.3) is 0 Å². The van der Waals surface area contributed by atoms with Crippen molar-refractivity contribution in [3.63, 3.8) is 0 Å². The zero-order valence-corrected chi connectivity index (χ0v) is 13.6. The Morgan fingerprint density at radius 2 is 2.10 bits per heavy atom. The van der Waals surface area contributed by atoms with Crippen LogP contribution < -0.4 is 5.32 Å². The van der Waals surface area contributed by atoms with E-state index >= 15 is 0 Å². The number of anilines is 1. The standard InChI is InChI=1S/C13H18N2O4S2/c1-20-13(7-4-8-13)9-14-10-5-3-6-11(21(2,18)19)12(10)15(16)17/h3,5-6,14H,4,7-9H2,1-2H3. The van der Waals surface area contributed by atoms with Crippen molar-refractivity contribution in [3.05, 3.63) is 28.3 Å². The molecule has 0 aromatic heterocycles. The predicted molar refractivity (Wildman–Crippen MR) is 84.8 cm³/mol. The van der Waals surface area contributed by atoms with Crippen LogP contribution in [0.1, 0.15) is 19.3 Å². The molecule has 6 nitrogen and oxygen atoms in total. The third-order valence-electron chi connectivity index (χ3n) is 3.88. The van der Waals surface area contributed by atoms with Crippen LogP contribution in [0, 0.1) is 10.1 Å². The maximum absolute atomic E-state index is 11.7. The summed E-state index contributed by atoms with van der Waals surface area (Å²) >= 11 is 1.75. The van der Waals surface area contributed by atoms with E-state index in [1.54, 1.807) is 17.8 Å². The normalized spacial score (nSPS) is 17.0. The first kappa shape index (κ1) is 16.1. The Hall–Kier alpha value is -1.28. The second-order valence-corrected chi connectivity index (χ2v) is 8.53. The molecule has 0 radical (unpaired) electrons. The van der Waals surface area contributed by atoms with E-state index in [1.165, 1.54) is 12.1 Å². The van der Waals surface area contributed by atoms with Crippen molar-refractivity contribution in [2.24, 2.45) is 0 Å². The molecule has 0 saturated heterocycles. The smallest absolute Gasteiger partial charge is 0.310 e. The maximum atomic E-state index is 11.7. The fourth-order valence-corrected chi connectivity index (χ4v) is 4.21. The van der Waals surface area contributed by atoms with Crippen molar-refractivity contribution in [3.8, 4) is 0 Å². The zero-order valence-electron chi connectivity index (χ0n) is 12.0. The first-order valence-corrected chi connectivity index (χ1v) is 9.67. The van der Waals surface area contributed by atoms with Crippen LogP contribution in [0.4, 0.5) is 11.4 Å². The van der Waals surface area contributed by atoms with Crippen molar-refractivity contribution in [1.82, 2.24) is 0 Å². The quantitative estimate of drug-likeness (QED) is 0.637. The predicted octanol–water partition coefficient (Wildman–Crippen LogP) is 2.70. The summed E-state index contributed by atoms with van der Waals surface area (Å²) in [5.74, 6) is 0. The maximum Gasteiger partial charge on any atom is 0.310 e. The van der Waals surface area contributed by atoms with Crippen LogP contribution in [0.3, 0.4) is 0 Å². The molecule has 1 aliphatic carbocycles. The molecule has 1 N–H and O–H groups in total. The number of benzene rings is 1. The highest BCUT2D eigenvalue weighted by Gasteiger charge is 2.36. The lowest BCUT2D eigenvalue weighted by Gasteiger charge is -2.40. The van der Waals surface area contributed by atoms with E-state index < -0.39 is 14.8 Å². The minimum absolute atomic E-state index is 0.106. The van der Waals surface area contributed by atoms with Gasteiger partial charge in [-0.3, -0.25) is 10.1 Å². The number of rotatable bonds is 6. The van der Waals surface area contributed by atoms with Gasteiger partial charge >= 0.3 is 5.69 Å². The Kier molecular flexibility index (Phi) is 4.48. The Bertz CT molecular complexity index is 649. The minimum atomic E-state index is -3.64. The van der Waals surface area contributed by atoms with Crippen molar-refractivity contribution >= 4 is 33.0 Å². The Labute approximate surface area is 128 Å². The topological polar surface area (TPSA) is 89.3 Å². The molecule has 8 heteroatoms. The summed E-state index contributed by atoms with van der Waals surface area (Å²) in [6, 6.07) is 4.35. The van der Waals surface area contributed by atoms with E-state index in [1.807, 2.05) is 6.26 Å². The summed E-state index contributed by atoms with van der Waals surface area (Å²) in [5.41, 5.74) is -0.0983. The van der Waals surface area contributed by atoms with Gasteiger partial charge in [-0.1, -0.05) is 12.5 Å². The lowest BCUT2D eigenvalue weighted by Crippen LogP contribution is -2.40. The summed E-state index contributed by atoms with van der Waals surface area (Å²) < 4.78 is 23.5. The van der Waals surface area contributed by atoms with Crippen LogP contribution in [0.15, 0.2) is 23.1 Å². The summed E-state index contributed by atoms with van der Waals surface area (Å²) in [5, 5.41) is 14.3. The second-order valence-electron chi connectivity index (χ2n) is 5.28. The fraction of sp³-hybridized carbons (Fsp3) is 0.538. The third kappa shape index (κ3) is 3.32. The second kappa shape index (κ2) is 5.84. The van der Waals surface area contributed by atoms with Crippen molar-refractivity contribution in [2.45, 2.75) is 28.9 Å². The molecule has 21 heavy (non-hydrogen) atoms. The first-order chi connectivity index (χ1) is 9.79. The van der Waals surface area contributed by atoms with E-state index in [-0.39, 0.29) is 21.0 Å². The number of thioether (sulfide) groups is 1. The van der Waals surface area contributed by atoms with E-state index in [9.17, 15) is 18.5 Å². The molecule has 1 saturated carbocycles. The molecule has 0 aliphatic heterocycles. The molecule has 0 atom stereocenters. The average molecular weight is 330 g/mol. The SMILES string of the molecule is CSC1(CNc2cccc(S(C)(=O)=O)c2[N+](=O)[O-])CCC1. The molecule has 116 valence electrons. The summed E-state index contributed by atoms with van der Waals surface area (Å²) in [7, 11) is -3.64. The lowest BCUT2D eigenvalue weighted by molar-refractivity contribution is -0.386. The van der Waals surface area contributed by atoms with Gasteiger partial charge in [-0.05, 0) is 31.2 Å². The molecule has 2 rings (SSSR count). The van der Waals surface area contributed by atoms with E-state index in [0.29, 0.717) is 6.54 Å². The Balaban J connectivity index is 2.33. The minimum Gasteiger partial charge on any atom is -0.378 e. The van der Waals surface area contributed by atoms with Crippen molar-refractivity contribution < 1.29 is 13.3 Å². The molecule has 0 bridgehead atoms. The number of nitrogens with one attached hydrogen (secondary N) is 1. The van der Waals surface area contributed by atoms with Gasteiger partial charge in [0.05, 0.1) is 4.92 Å². The molecule has 0 spiro atoms. The van der Waals surface area contributed by atoms with Gasteiger partial charge in [-0.2, -0.15) is 11.8 Å². The summed E-state index contributed by atoms with van der Waals surface area (Å²) in [4.78, 5) is 10.4. The third-order valence-corrected chi connectivity index (χ3v) is 6.43. The van der Waals surface area contributed by atoms with E-state index in [0.717, 1.165) is 25.5 Å². The van der Waals surface area contributed by atoms with Gasteiger partial charge in [0, 0.05) is 17.5 Å². The molecule has 1 aromatic rings. The molecule has 1 aromatic carbocycles. The summed E-state index contributed by atoms with van der Waals surface area (Å²) in [6.07, 6.45) is 6.31. The van der Waals surface area contributed by atoms with Crippen LogP contribution in [0.25, 0.3) is 0 Å². The van der Waals surface area contributed by atoms with Gasteiger partial charge < -0.3 is 5.32 Å². The Morgan fingerprint density at radius 1 is 1.43 bits per heavy atom. The molecular weight excluding hydrogens is 312 g/mol. The largest absolute Gasteiger partial charge is 0.378 e. The number of sulfone groups is 1. The van der Waals surface area contributed by atoms with Crippen LogP contribution >= 0.6 is 11.8 Å². The molecule has 0 amide bonds. The highest BCUT2D eigenvalue weighted by Crippen LogP contribution is 2.43. The van der Waals surface area contributed by atoms with E-state index in [4.69, 9.17) is 0 Å². The Morgan fingerprint density at radius 3 is 2.52 bits per heavy atom. The number of nitro groups is 1. The van der Waals surface area contributed by atoms with Gasteiger partial charge in [-0.25, -0.2) is 8.42 Å². The fourth-order valence-electron chi connectivity index (χ4n) is 2.43. The molecule has 0 unspecified atom stereocenters. The van der Waals surface area contributed by atoms with Crippen molar-refractivity contribution in [1.29, 1.82) is 0 Å².